The average Bonchev–Trinajstić information content (AvgIpc) is 2.78. The predicted octanol–water partition coefficient (Wildman–Crippen LogP) is 4.63. The van der Waals surface area contributed by atoms with Crippen LogP contribution in [0.4, 0.5) is 11.4 Å². The Morgan fingerprint density at radius 3 is 2.00 bits per heavy atom. The average molecular weight is 439 g/mol. The summed E-state index contributed by atoms with van der Waals surface area (Å²) in [5.74, 6) is 0.521. The quantitative estimate of drug-likeness (QED) is 0.510. The summed E-state index contributed by atoms with van der Waals surface area (Å²) in [6, 6.07) is 20.9. The zero-order valence-corrected chi connectivity index (χ0v) is 18.4. The SMILES string of the molecule is CCc1ccc(CCC(=O)Nc2ccc(S(=O)(=O)Nc3ccc(OC)cc3)cc2)cc1. The van der Waals surface area contributed by atoms with Crippen LogP contribution in [0.2, 0.25) is 0 Å². The highest BCUT2D eigenvalue weighted by Crippen LogP contribution is 2.20. The van der Waals surface area contributed by atoms with Gasteiger partial charge in [-0.15, -0.1) is 0 Å². The van der Waals surface area contributed by atoms with E-state index < -0.39 is 10.0 Å². The van der Waals surface area contributed by atoms with Crippen LogP contribution in [0.5, 0.6) is 5.75 Å². The van der Waals surface area contributed by atoms with Gasteiger partial charge in [-0.05, 0) is 72.5 Å². The normalized spacial score (nSPS) is 11.0. The molecule has 162 valence electrons. The molecule has 0 bridgehead atoms. The van der Waals surface area contributed by atoms with E-state index in [4.69, 9.17) is 4.74 Å². The van der Waals surface area contributed by atoms with Crippen molar-refractivity contribution in [3.8, 4) is 5.75 Å². The number of benzene rings is 3. The highest BCUT2D eigenvalue weighted by molar-refractivity contribution is 7.92. The fourth-order valence-electron chi connectivity index (χ4n) is 3.01. The lowest BCUT2D eigenvalue weighted by atomic mass is 10.1. The molecule has 1 amide bonds. The Balaban J connectivity index is 1.56. The third-order valence-corrected chi connectivity index (χ3v) is 6.26. The number of aryl methyl sites for hydroxylation is 2. The Kier molecular flexibility index (Phi) is 7.31. The third kappa shape index (κ3) is 6.33. The van der Waals surface area contributed by atoms with Gasteiger partial charge in [-0.3, -0.25) is 9.52 Å². The van der Waals surface area contributed by atoms with Crippen molar-refractivity contribution < 1.29 is 17.9 Å². The van der Waals surface area contributed by atoms with E-state index in [1.54, 1.807) is 43.5 Å². The van der Waals surface area contributed by atoms with Gasteiger partial charge >= 0.3 is 0 Å². The molecule has 0 atom stereocenters. The molecule has 0 fully saturated rings. The second-order valence-electron chi connectivity index (χ2n) is 7.08. The van der Waals surface area contributed by atoms with Crippen LogP contribution in [0.25, 0.3) is 0 Å². The van der Waals surface area contributed by atoms with Crippen molar-refractivity contribution in [1.29, 1.82) is 0 Å². The number of carbonyl (C=O) groups is 1. The summed E-state index contributed by atoms with van der Waals surface area (Å²) < 4.78 is 32.7. The lowest BCUT2D eigenvalue weighted by Gasteiger charge is -2.10. The largest absolute Gasteiger partial charge is 0.497 e. The molecule has 0 saturated carbocycles. The molecule has 2 N–H and O–H groups in total. The lowest BCUT2D eigenvalue weighted by molar-refractivity contribution is -0.116. The Morgan fingerprint density at radius 1 is 0.839 bits per heavy atom. The van der Waals surface area contributed by atoms with E-state index in [0.717, 1.165) is 12.0 Å². The van der Waals surface area contributed by atoms with Gasteiger partial charge in [-0.25, -0.2) is 8.42 Å². The van der Waals surface area contributed by atoms with E-state index in [2.05, 4.69) is 29.1 Å². The highest BCUT2D eigenvalue weighted by atomic mass is 32.2. The molecule has 0 radical (unpaired) electrons. The first-order chi connectivity index (χ1) is 14.9. The Morgan fingerprint density at radius 2 is 1.42 bits per heavy atom. The third-order valence-electron chi connectivity index (χ3n) is 4.86. The second-order valence-corrected chi connectivity index (χ2v) is 8.76. The van der Waals surface area contributed by atoms with Crippen LogP contribution in [0.15, 0.2) is 77.7 Å². The fourth-order valence-corrected chi connectivity index (χ4v) is 4.07. The number of carbonyl (C=O) groups excluding carboxylic acids is 1. The number of hydrogen-bond acceptors (Lipinski definition) is 4. The van der Waals surface area contributed by atoms with E-state index in [1.807, 2.05) is 12.1 Å². The molecule has 3 rings (SSSR count). The summed E-state index contributed by atoms with van der Waals surface area (Å²) >= 11 is 0. The molecule has 3 aromatic rings. The predicted molar refractivity (Wildman–Crippen MR) is 123 cm³/mol. The Labute approximate surface area is 183 Å². The number of hydrogen-bond donors (Lipinski definition) is 2. The van der Waals surface area contributed by atoms with Crippen molar-refractivity contribution in [1.82, 2.24) is 0 Å². The van der Waals surface area contributed by atoms with Crippen LogP contribution in [0.3, 0.4) is 0 Å². The smallest absolute Gasteiger partial charge is 0.261 e. The number of nitrogens with one attached hydrogen (secondary N) is 2. The minimum absolute atomic E-state index is 0.109. The van der Waals surface area contributed by atoms with E-state index in [1.165, 1.54) is 17.7 Å². The van der Waals surface area contributed by atoms with E-state index in [-0.39, 0.29) is 10.8 Å². The van der Waals surface area contributed by atoms with Gasteiger partial charge < -0.3 is 10.1 Å². The number of rotatable bonds is 9. The van der Waals surface area contributed by atoms with Gasteiger partial charge in [0.15, 0.2) is 0 Å². The van der Waals surface area contributed by atoms with Crippen molar-refractivity contribution in [2.45, 2.75) is 31.1 Å². The molecule has 0 heterocycles. The van der Waals surface area contributed by atoms with Crippen molar-refractivity contribution in [2.24, 2.45) is 0 Å². The molecule has 3 aromatic carbocycles. The fraction of sp³-hybridized carbons (Fsp3) is 0.208. The number of sulfonamides is 1. The molecule has 6 nitrogen and oxygen atoms in total. The van der Waals surface area contributed by atoms with Crippen LogP contribution in [0.1, 0.15) is 24.5 Å². The van der Waals surface area contributed by atoms with Gasteiger partial charge in [0.1, 0.15) is 5.75 Å². The number of ether oxygens (including phenoxy) is 1. The molecule has 0 aliphatic heterocycles. The van der Waals surface area contributed by atoms with Crippen molar-refractivity contribution in [2.75, 3.05) is 17.1 Å². The van der Waals surface area contributed by atoms with E-state index in [9.17, 15) is 13.2 Å². The van der Waals surface area contributed by atoms with Crippen LogP contribution >= 0.6 is 0 Å². The maximum atomic E-state index is 12.6. The molecular formula is C24H26N2O4S. The summed E-state index contributed by atoms with van der Waals surface area (Å²) in [6.45, 7) is 2.11. The molecule has 31 heavy (non-hydrogen) atoms. The van der Waals surface area contributed by atoms with Crippen LogP contribution in [-0.2, 0) is 27.7 Å². The number of amides is 1. The second kappa shape index (κ2) is 10.1. The summed E-state index contributed by atoms with van der Waals surface area (Å²) in [5, 5.41) is 2.81. The van der Waals surface area contributed by atoms with Crippen molar-refractivity contribution >= 4 is 27.3 Å². The van der Waals surface area contributed by atoms with Crippen LogP contribution in [-0.4, -0.2) is 21.4 Å². The summed E-state index contributed by atoms with van der Waals surface area (Å²) in [6.07, 6.45) is 1.99. The summed E-state index contributed by atoms with van der Waals surface area (Å²) in [4.78, 5) is 12.3. The number of methoxy groups -OCH3 is 1. The highest BCUT2D eigenvalue weighted by Gasteiger charge is 2.14. The van der Waals surface area contributed by atoms with Gasteiger partial charge in [-0.1, -0.05) is 31.2 Å². The minimum atomic E-state index is -3.73. The number of anilines is 2. The van der Waals surface area contributed by atoms with E-state index in [0.29, 0.717) is 30.0 Å². The summed E-state index contributed by atoms with van der Waals surface area (Å²) in [7, 11) is -2.19. The zero-order valence-electron chi connectivity index (χ0n) is 17.6. The zero-order chi connectivity index (χ0) is 22.3. The van der Waals surface area contributed by atoms with Gasteiger partial charge in [0.05, 0.1) is 12.0 Å². The van der Waals surface area contributed by atoms with Crippen LogP contribution in [0, 0.1) is 0 Å². The standard InChI is InChI=1S/C24H26N2O4S/c1-3-18-4-6-19(7-5-18)8-17-24(27)25-20-11-15-23(16-12-20)31(28,29)26-21-9-13-22(30-2)14-10-21/h4-7,9-16,26H,3,8,17H2,1-2H3,(H,25,27). The van der Waals surface area contributed by atoms with Crippen molar-refractivity contribution in [3.05, 3.63) is 83.9 Å². The van der Waals surface area contributed by atoms with Crippen molar-refractivity contribution in [3.63, 3.8) is 0 Å². The van der Waals surface area contributed by atoms with Crippen LogP contribution < -0.4 is 14.8 Å². The molecule has 0 unspecified atom stereocenters. The molecule has 0 aliphatic rings. The maximum absolute atomic E-state index is 12.6. The molecule has 0 spiro atoms. The van der Waals surface area contributed by atoms with Gasteiger partial charge in [0, 0.05) is 17.8 Å². The van der Waals surface area contributed by atoms with Gasteiger partial charge in [-0.2, -0.15) is 0 Å². The van der Waals surface area contributed by atoms with E-state index >= 15 is 0 Å². The lowest BCUT2D eigenvalue weighted by Crippen LogP contribution is -2.14. The minimum Gasteiger partial charge on any atom is -0.497 e. The molecule has 0 aliphatic carbocycles. The molecule has 0 aromatic heterocycles. The molecule has 0 saturated heterocycles. The first-order valence-electron chi connectivity index (χ1n) is 10.0. The Bertz CT molecular complexity index is 1110. The topological polar surface area (TPSA) is 84.5 Å². The monoisotopic (exact) mass is 438 g/mol. The van der Waals surface area contributed by atoms with Gasteiger partial charge in [0.2, 0.25) is 5.91 Å². The maximum Gasteiger partial charge on any atom is 0.261 e. The summed E-state index contributed by atoms with van der Waals surface area (Å²) in [5.41, 5.74) is 3.36. The molecular weight excluding hydrogens is 412 g/mol. The first-order valence-corrected chi connectivity index (χ1v) is 11.5. The molecule has 7 heteroatoms. The first kappa shape index (κ1) is 22.4. The Hall–Kier alpha value is -3.32. The van der Waals surface area contributed by atoms with Gasteiger partial charge in [0.25, 0.3) is 10.0 Å².